The second kappa shape index (κ2) is 4.42. The van der Waals surface area contributed by atoms with Crippen molar-refractivity contribution in [3.05, 3.63) is 59.2 Å². The molecule has 0 aliphatic heterocycles. The normalized spacial score (nSPS) is 10.2. The Morgan fingerprint density at radius 1 is 1.00 bits per heavy atom. The fourth-order valence-corrected chi connectivity index (χ4v) is 1.88. The van der Waals surface area contributed by atoms with Gasteiger partial charge in [0.2, 0.25) is 5.91 Å². The van der Waals surface area contributed by atoms with Gasteiger partial charge in [0.25, 0.3) is 0 Å². The monoisotopic (exact) mass is 225 g/mol. The van der Waals surface area contributed by atoms with Crippen molar-refractivity contribution >= 4 is 5.91 Å². The van der Waals surface area contributed by atoms with Gasteiger partial charge in [0.1, 0.15) is 0 Å². The lowest BCUT2D eigenvalue weighted by molar-refractivity contribution is 0.100. The second-order valence-corrected chi connectivity index (χ2v) is 4.19. The molecule has 2 rings (SSSR count). The van der Waals surface area contributed by atoms with Gasteiger partial charge in [-0.05, 0) is 48.2 Å². The third kappa shape index (κ3) is 2.21. The molecule has 2 aromatic rings. The van der Waals surface area contributed by atoms with Crippen molar-refractivity contribution in [2.45, 2.75) is 13.8 Å². The summed E-state index contributed by atoms with van der Waals surface area (Å²) in [5.74, 6) is -0.391. The van der Waals surface area contributed by atoms with Gasteiger partial charge >= 0.3 is 0 Å². The number of amides is 1. The molecule has 0 saturated carbocycles. The number of rotatable bonds is 2. The molecule has 2 N–H and O–H groups in total. The van der Waals surface area contributed by atoms with Crippen molar-refractivity contribution in [3.8, 4) is 11.1 Å². The molecule has 0 aliphatic rings. The van der Waals surface area contributed by atoms with E-state index >= 15 is 0 Å². The number of nitrogens with two attached hydrogens (primary N) is 1. The third-order valence-corrected chi connectivity index (χ3v) is 3.09. The summed E-state index contributed by atoms with van der Waals surface area (Å²) in [7, 11) is 0. The molecule has 0 fully saturated rings. The number of carbonyl (C=O) groups excluding carboxylic acids is 1. The summed E-state index contributed by atoms with van der Waals surface area (Å²) in [6.07, 6.45) is 0. The smallest absolute Gasteiger partial charge is 0.248 e. The van der Waals surface area contributed by atoms with Gasteiger partial charge in [0.05, 0.1) is 0 Å². The Morgan fingerprint density at radius 2 is 1.65 bits per heavy atom. The van der Waals surface area contributed by atoms with Crippen molar-refractivity contribution in [1.29, 1.82) is 0 Å². The first kappa shape index (κ1) is 11.4. The lowest BCUT2D eigenvalue weighted by Gasteiger charge is -2.09. The summed E-state index contributed by atoms with van der Waals surface area (Å²) >= 11 is 0. The van der Waals surface area contributed by atoms with E-state index in [1.807, 2.05) is 18.2 Å². The number of hydrogen-bond donors (Lipinski definition) is 1. The molecule has 0 unspecified atom stereocenters. The molecular formula is C15H15NO. The fraction of sp³-hybridized carbons (Fsp3) is 0.133. The van der Waals surface area contributed by atoms with Crippen LogP contribution in [-0.2, 0) is 0 Å². The quantitative estimate of drug-likeness (QED) is 0.838. The van der Waals surface area contributed by atoms with E-state index in [0.29, 0.717) is 5.56 Å². The van der Waals surface area contributed by atoms with Gasteiger partial charge in [0, 0.05) is 5.56 Å². The Bertz CT molecular complexity index is 556. The highest BCUT2D eigenvalue weighted by Crippen LogP contribution is 2.25. The van der Waals surface area contributed by atoms with Crippen molar-refractivity contribution in [1.82, 2.24) is 0 Å². The van der Waals surface area contributed by atoms with Gasteiger partial charge < -0.3 is 5.73 Å². The molecule has 0 bridgehead atoms. The topological polar surface area (TPSA) is 43.1 Å². The highest BCUT2D eigenvalue weighted by molar-refractivity contribution is 5.93. The predicted molar refractivity (Wildman–Crippen MR) is 69.9 cm³/mol. The minimum Gasteiger partial charge on any atom is -0.366 e. The molecule has 2 aromatic carbocycles. The molecule has 17 heavy (non-hydrogen) atoms. The molecule has 0 aliphatic carbocycles. The van der Waals surface area contributed by atoms with E-state index in [2.05, 4.69) is 26.0 Å². The molecule has 0 heterocycles. The van der Waals surface area contributed by atoms with Crippen LogP contribution in [0.25, 0.3) is 11.1 Å². The van der Waals surface area contributed by atoms with Crippen molar-refractivity contribution in [2.75, 3.05) is 0 Å². The lowest BCUT2D eigenvalue weighted by Crippen LogP contribution is -2.10. The van der Waals surface area contributed by atoms with E-state index in [0.717, 1.165) is 5.56 Å². The van der Waals surface area contributed by atoms with Crippen LogP contribution in [0.15, 0.2) is 42.5 Å². The van der Waals surface area contributed by atoms with E-state index < -0.39 is 5.91 Å². The predicted octanol–water partition coefficient (Wildman–Crippen LogP) is 3.07. The van der Waals surface area contributed by atoms with E-state index in [-0.39, 0.29) is 0 Å². The van der Waals surface area contributed by atoms with Gasteiger partial charge in [-0.1, -0.05) is 30.3 Å². The van der Waals surface area contributed by atoms with Crippen LogP contribution in [0, 0.1) is 13.8 Å². The van der Waals surface area contributed by atoms with Crippen molar-refractivity contribution in [2.24, 2.45) is 5.73 Å². The van der Waals surface area contributed by atoms with Gasteiger partial charge in [0.15, 0.2) is 0 Å². The minimum absolute atomic E-state index is 0.391. The molecule has 0 atom stereocenters. The van der Waals surface area contributed by atoms with Gasteiger partial charge in [-0.3, -0.25) is 4.79 Å². The second-order valence-electron chi connectivity index (χ2n) is 4.19. The largest absolute Gasteiger partial charge is 0.366 e. The SMILES string of the molecule is Cc1cccc(-c2ccc(C(N)=O)cc2)c1C. The van der Waals surface area contributed by atoms with E-state index in [1.165, 1.54) is 16.7 Å². The standard InChI is InChI=1S/C15H15NO/c1-10-4-3-5-14(11(10)2)12-6-8-13(9-7-12)15(16)17/h3-9H,1-2H3,(H2,16,17). The first-order chi connectivity index (χ1) is 8.09. The van der Waals surface area contributed by atoms with Gasteiger partial charge in [-0.15, -0.1) is 0 Å². The molecular weight excluding hydrogens is 210 g/mol. The maximum Gasteiger partial charge on any atom is 0.248 e. The Labute approximate surface area is 101 Å². The van der Waals surface area contributed by atoms with Crippen LogP contribution in [0.5, 0.6) is 0 Å². The molecule has 0 saturated heterocycles. The summed E-state index contributed by atoms with van der Waals surface area (Å²) in [6, 6.07) is 13.6. The Balaban J connectivity index is 2.47. The zero-order valence-electron chi connectivity index (χ0n) is 10.0. The average molecular weight is 225 g/mol. The molecule has 86 valence electrons. The van der Waals surface area contributed by atoms with Crippen molar-refractivity contribution in [3.63, 3.8) is 0 Å². The van der Waals surface area contributed by atoms with Crippen LogP contribution in [0.2, 0.25) is 0 Å². The van der Waals surface area contributed by atoms with E-state index in [9.17, 15) is 4.79 Å². The average Bonchev–Trinajstić information content (AvgIpc) is 2.33. The Kier molecular flexibility index (Phi) is 2.96. The zero-order valence-corrected chi connectivity index (χ0v) is 10.0. The van der Waals surface area contributed by atoms with E-state index in [4.69, 9.17) is 5.73 Å². The summed E-state index contributed by atoms with van der Waals surface area (Å²) in [5.41, 5.74) is 10.6. The van der Waals surface area contributed by atoms with Crippen LogP contribution in [0.1, 0.15) is 21.5 Å². The minimum atomic E-state index is -0.391. The van der Waals surface area contributed by atoms with Crippen LogP contribution in [0.4, 0.5) is 0 Å². The van der Waals surface area contributed by atoms with Gasteiger partial charge in [-0.25, -0.2) is 0 Å². The summed E-state index contributed by atoms with van der Waals surface area (Å²) in [5, 5.41) is 0. The Morgan fingerprint density at radius 3 is 2.24 bits per heavy atom. The highest BCUT2D eigenvalue weighted by atomic mass is 16.1. The lowest BCUT2D eigenvalue weighted by atomic mass is 9.96. The molecule has 0 aromatic heterocycles. The molecule has 2 nitrogen and oxygen atoms in total. The molecule has 0 radical (unpaired) electrons. The maximum absolute atomic E-state index is 11.0. The number of primary amides is 1. The number of aryl methyl sites for hydroxylation is 1. The fourth-order valence-electron chi connectivity index (χ4n) is 1.88. The van der Waals surface area contributed by atoms with E-state index in [1.54, 1.807) is 12.1 Å². The number of carbonyl (C=O) groups is 1. The summed E-state index contributed by atoms with van der Waals surface area (Å²) < 4.78 is 0. The highest BCUT2D eigenvalue weighted by Gasteiger charge is 2.05. The van der Waals surface area contributed by atoms with Crippen LogP contribution >= 0.6 is 0 Å². The molecule has 0 spiro atoms. The van der Waals surface area contributed by atoms with Crippen molar-refractivity contribution < 1.29 is 4.79 Å². The Hall–Kier alpha value is -2.09. The first-order valence-corrected chi connectivity index (χ1v) is 5.56. The summed E-state index contributed by atoms with van der Waals surface area (Å²) in [4.78, 5) is 11.0. The third-order valence-electron chi connectivity index (χ3n) is 3.09. The molecule has 1 amide bonds. The summed E-state index contributed by atoms with van der Waals surface area (Å²) in [6.45, 7) is 4.20. The maximum atomic E-state index is 11.0. The number of benzene rings is 2. The van der Waals surface area contributed by atoms with Crippen LogP contribution < -0.4 is 5.73 Å². The van der Waals surface area contributed by atoms with Crippen LogP contribution in [0.3, 0.4) is 0 Å². The molecule has 2 heteroatoms. The van der Waals surface area contributed by atoms with Gasteiger partial charge in [-0.2, -0.15) is 0 Å². The van der Waals surface area contributed by atoms with Crippen LogP contribution in [-0.4, -0.2) is 5.91 Å². The first-order valence-electron chi connectivity index (χ1n) is 5.56. The number of hydrogen-bond acceptors (Lipinski definition) is 1. The zero-order chi connectivity index (χ0) is 12.4.